The minimum atomic E-state index is -4.60. The van der Waals surface area contributed by atoms with Gasteiger partial charge in [-0.2, -0.15) is 18.4 Å². The topological polar surface area (TPSA) is 76.4 Å². The van der Waals surface area contributed by atoms with Gasteiger partial charge in [0.05, 0.1) is 23.1 Å². The molecule has 1 N–H and O–H groups in total. The second-order valence-corrected chi connectivity index (χ2v) is 9.62. The predicted molar refractivity (Wildman–Crippen MR) is 129 cm³/mol. The Hall–Kier alpha value is -3.54. The summed E-state index contributed by atoms with van der Waals surface area (Å²) in [6, 6.07) is 12.8. The van der Waals surface area contributed by atoms with Crippen molar-refractivity contribution in [3.63, 3.8) is 0 Å². The van der Waals surface area contributed by atoms with Crippen LogP contribution in [0.1, 0.15) is 39.9 Å². The van der Waals surface area contributed by atoms with Crippen LogP contribution in [-0.2, 0) is 11.0 Å². The van der Waals surface area contributed by atoms with Crippen molar-refractivity contribution in [3.8, 4) is 6.07 Å². The third-order valence-electron chi connectivity index (χ3n) is 7.47. The molecule has 2 saturated heterocycles. The summed E-state index contributed by atoms with van der Waals surface area (Å²) in [5.41, 5.74) is 0.771. The smallest absolute Gasteiger partial charge is 0.372 e. The molecule has 4 rings (SSSR count). The van der Waals surface area contributed by atoms with Crippen molar-refractivity contribution >= 4 is 17.5 Å². The maximum atomic E-state index is 13.4. The third kappa shape index (κ3) is 5.18. The van der Waals surface area contributed by atoms with Crippen LogP contribution >= 0.6 is 0 Å². The Labute approximate surface area is 208 Å². The average molecular weight is 499 g/mol. The zero-order chi connectivity index (χ0) is 26.0. The molecule has 0 radical (unpaired) electrons. The summed E-state index contributed by atoms with van der Waals surface area (Å²) in [7, 11) is 1.59. The first-order chi connectivity index (χ1) is 17.1. The van der Waals surface area contributed by atoms with Crippen molar-refractivity contribution in [1.29, 1.82) is 5.26 Å². The van der Waals surface area contributed by atoms with Crippen LogP contribution in [-0.4, -0.2) is 49.9 Å². The molecule has 2 aromatic rings. The molecule has 9 heteroatoms. The molecule has 2 aliphatic rings. The van der Waals surface area contributed by atoms with Crippen molar-refractivity contribution in [2.45, 2.75) is 25.9 Å². The highest BCUT2D eigenvalue weighted by molar-refractivity contribution is 5.95. The number of nitrogens with zero attached hydrogens (tertiary/aromatic N) is 3. The molecule has 2 heterocycles. The van der Waals surface area contributed by atoms with Gasteiger partial charge >= 0.3 is 6.18 Å². The lowest BCUT2D eigenvalue weighted by molar-refractivity contribution is -0.137. The fourth-order valence-corrected chi connectivity index (χ4v) is 5.46. The van der Waals surface area contributed by atoms with Gasteiger partial charge in [0.15, 0.2) is 0 Å². The molecule has 2 fully saturated rings. The van der Waals surface area contributed by atoms with Crippen LogP contribution in [0.4, 0.5) is 18.9 Å². The maximum Gasteiger partial charge on any atom is 0.417 e. The monoisotopic (exact) mass is 498 g/mol. The van der Waals surface area contributed by atoms with Crippen LogP contribution in [0.15, 0.2) is 42.5 Å². The summed E-state index contributed by atoms with van der Waals surface area (Å²) in [4.78, 5) is 29.5. The highest BCUT2D eigenvalue weighted by Crippen LogP contribution is 2.39. The highest BCUT2D eigenvalue weighted by Gasteiger charge is 2.44. The summed E-state index contributed by atoms with van der Waals surface area (Å²) < 4.78 is 40.2. The third-order valence-corrected chi connectivity index (χ3v) is 7.47. The molecule has 2 aliphatic heterocycles. The molecule has 190 valence electrons. The number of nitrogens with one attached hydrogen (secondary N) is 1. The molecule has 2 amide bonds. The van der Waals surface area contributed by atoms with Crippen molar-refractivity contribution in [1.82, 2.24) is 10.2 Å². The molecule has 0 bridgehead atoms. The van der Waals surface area contributed by atoms with Crippen molar-refractivity contribution in [2.24, 2.45) is 17.8 Å². The summed E-state index contributed by atoms with van der Waals surface area (Å²) in [6.45, 7) is 3.86. The van der Waals surface area contributed by atoms with E-state index in [0.717, 1.165) is 11.6 Å². The van der Waals surface area contributed by atoms with E-state index in [-0.39, 0.29) is 35.1 Å². The van der Waals surface area contributed by atoms with Crippen LogP contribution in [0.3, 0.4) is 0 Å². The number of hydrogen-bond acceptors (Lipinski definition) is 4. The molecule has 0 aromatic heterocycles. The van der Waals surface area contributed by atoms with Gasteiger partial charge in [0.1, 0.15) is 0 Å². The normalized spacial score (nSPS) is 20.8. The number of likely N-dealkylation sites (tertiary alicyclic amines) is 1. The second-order valence-electron chi connectivity index (χ2n) is 9.62. The number of piperidine rings is 1. The molecule has 0 spiro atoms. The first-order valence-electron chi connectivity index (χ1n) is 12.1. The average Bonchev–Trinajstić information content (AvgIpc) is 3.33. The summed E-state index contributed by atoms with van der Waals surface area (Å²) in [5, 5.41) is 11.8. The van der Waals surface area contributed by atoms with Crippen LogP contribution in [0, 0.1) is 36.0 Å². The largest absolute Gasteiger partial charge is 0.417 e. The number of aryl methyl sites for hydroxylation is 1. The standard InChI is InChI=1S/C27H29F3N4O2/c1-17-3-5-19(6-4-17)26(36)34-15-22(23(16-34)25(35)32-2)18-9-11-33(12-10-18)21-8-7-20(14-31)24(13-21)27(28,29)30/h3-8,13,18,22-23H,9-12,15-16H2,1-2H3,(H,32,35)/t22-,23+/m0/s1. The summed E-state index contributed by atoms with van der Waals surface area (Å²) in [6.07, 6.45) is -3.20. The molecule has 2 aromatic carbocycles. The lowest BCUT2D eigenvalue weighted by Crippen LogP contribution is -2.41. The Morgan fingerprint density at radius 3 is 2.31 bits per heavy atom. The Morgan fingerprint density at radius 2 is 1.72 bits per heavy atom. The number of amides is 2. The van der Waals surface area contributed by atoms with Gasteiger partial charge in [-0.1, -0.05) is 17.7 Å². The maximum absolute atomic E-state index is 13.4. The number of rotatable bonds is 4. The van der Waals surface area contributed by atoms with Gasteiger partial charge in [-0.15, -0.1) is 0 Å². The van der Waals surface area contributed by atoms with E-state index >= 15 is 0 Å². The molecule has 2 atom stereocenters. The molecular formula is C27H29F3N4O2. The number of halogens is 3. The molecule has 6 nitrogen and oxygen atoms in total. The van der Waals surface area contributed by atoms with Gasteiger partial charge in [-0.05, 0) is 61.9 Å². The van der Waals surface area contributed by atoms with Crippen LogP contribution in [0.2, 0.25) is 0 Å². The first-order valence-corrected chi connectivity index (χ1v) is 12.1. The second kappa shape index (κ2) is 10.2. The number of anilines is 1. The fraction of sp³-hybridized carbons (Fsp3) is 0.444. The molecule has 0 aliphatic carbocycles. The molecule has 0 saturated carbocycles. The predicted octanol–water partition coefficient (Wildman–Crippen LogP) is 4.24. The summed E-state index contributed by atoms with van der Waals surface area (Å²) in [5.74, 6) is -0.370. The molecule has 0 unspecified atom stereocenters. The highest BCUT2D eigenvalue weighted by atomic mass is 19.4. The number of carbonyl (C=O) groups is 2. The zero-order valence-electron chi connectivity index (χ0n) is 20.3. The van der Waals surface area contributed by atoms with Gasteiger partial charge in [0.25, 0.3) is 5.91 Å². The Balaban J connectivity index is 1.47. The molecule has 36 heavy (non-hydrogen) atoms. The Kier molecular flexibility index (Phi) is 7.25. The zero-order valence-corrected chi connectivity index (χ0v) is 20.3. The van der Waals surface area contributed by atoms with Gasteiger partial charge in [0.2, 0.25) is 5.91 Å². The van der Waals surface area contributed by atoms with Crippen LogP contribution in [0.25, 0.3) is 0 Å². The van der Waals surface area contributed by atoms with Crippen molar-refractivity contribution < 1.29 is 22.8 Å². The first kappa shape index (κ1) is 25.5. The SMILES string of the molecule is CNC(=O)[C@@H]1CN(C(=O)c2ccc(C)cc2)C[C@H]1C1CCN(c2ccc(C#N)c(C(F)(F)F)c2)CC1. The van der Waals surface area contributed by atoms with E-state index in [0.29, 0.717) is 50.3 Å². The van der Waals surface area contributed by atoms with Gasteiger partial charge in [-0.3, -0.25) is 9.59 Å². The number of benzene rings is 2. The Morgan fingerprint density at radius 1 is 1.06 bits per heavy atom. The van der Waals surface area contributed by atoms with Gasteiger partial charge < -0.3 is 15.1 Å². The minimum Gasteiger partial charge on any atom is -0.372 e. The van der Waals surface area contributed by atoms with E-state index in [2.05, 4.69) is 5.32 Å². The van der Waals surface area contributed by atoms with E-state index in [4.69, 9.17) is 5.26 Å². The number of carbonyl (C=O) groups excluding carboxylic acids is 2. The quantitative estimate of drug-likeness (QED) is 0.685. The van der Waals surface area contributed by atoms with E-state index in [1.807, 2.05) is 24.0 Å². The summed E-state index contributed by atoms with van der Waals surface area (Å²) >= 11 is 0. The van der Waals surface area contributed by atoms with Gasteiger partial charge in [0, 0.05) is 44.5 Å². The van der Waals surface area contributed by atoms with Crippen molar-refractivity contribution in [2.75, 3.05) is 38.1 Å². The number of alkyl halides is 3. The minimum absolute atomic E-state index is 0.0202. The fourth-order valence-electron chi connectivity index (χ4n) is 5.46. The van der Waals surface area contributed by atoms with Crippen LogP contribution in [0.5, 0.6) is 0 Å². The van der Waals surface area contributed by atoms with Crippen molar-refractivity contribution in [3.05, 3.63) is 64.7 Å². The van der Waals surface area contributed by atoms with E-state index in [9.17, 15) is 22.8 Å². The van der Waals surface area contributed by atoms with Gasteiger partial charge in [-0.25, -0.2) is 0 Å². The number of nitriles is 1. The number of hydrogen-bond donors (Lipinski definition) is 1. The Bertz CT molecular complexity index is 1170. The van der Waals surface area contributed by atoms with E-state index < -0.39 is 11.7 Å². The van der Waals surface area contributed by atoms with Crippen LogP contribution < -0.4 is 10.2 Å². The lowest BCUT2D eigenvalue weighted by atomic mass is 9.78. The lowest BCUT2D eigenvalue weighted by Gasteiger charge is -2.37. The molecular weight excluding hydrogens is 469 g/mol. The van der Waals surface area contributed by atoms with E-state index in [1.165, 1.54) is 6.07 Å². The van der Waals surface area contributed by atoms with E-state index in [1.54, 1.807) is 36.2 Å².